The van der Waals surface area contributed by atoms with Gasteiger partial charge in [-0.25, -0.2) is 14.0 Å². The van der Waals surface area contributed by atoms with Crippen LogP contribution in [-0.4, -0.2) is 82.5 Å². The van der Waals surface area contributed by atoms with Crippen LogP contribution in [0.3, 0.4) is 0 Å². The van der Waals surface area contributed by atoms with Gasteiger partial charge in [-0.05, 0) is 81.8 Å². The maximum absolute atomic E-state index is 13.4. The number of benzene rings is 2. The van der Waals surface area contributed by atoms with Crippen molar-refractivity contribution < 1.29 is 23.5 Å². The maximum Gasteiger partial charge on any atom is 0.338 e. The van der Waals surface area contributed by atoms with E-state index < -0.39 is 5.54 Å². The molecular formula is C32H40FN5O4S. The molecule has 2 saturated heterocycles. The third-order valence-corrected chi connectivity index (χ3v) is 8.99. The number of rotatable bonds is 11. The van der Waals surface area contributed by atoms with Crippen molar-refractivity contribution in [2.24, 2.45) is 0 Å². The predicted molar refractivity (Wildman–Crippen MR) is 168 cm³/mol. The highest BCUT2D eigenvalue weighted by Crippen LogP contribution is 2.34. The number of nitrogens with zero attached hydrogens (tertiary/aromatic N) is 4. The topological polar surface area (TPSA) is 85.4 Å². The molecule has 0 radical (unpaired) electrons. The molecule has 0 aromatic heterocycles. The Bertz CT molecular complexity index is 1380. The van der Waals surface area contributed by atoms with E-state index in [0.717, 1.165) is 70.3 Å². The molecule has 0 saturated carbocycles. The van der Waals surface area contributed by atoms with Gasteiger partial charge in [-0.1, -0.05) is 31.7 Å². The zero-order valence-corrected chi connectivity index (χ0v) is 25.8. The summed E-state index contributed by atoms with van der Waals surface area (Å²) in [6.45, 7) is 8.81. The van der Waals surface area contributed by atoms with Crippen molar-refractivity contribution in [2.45, 2.75) is 64.5 Å². The molecule has 2 aromatic rings. The van der Waals surface area contributed by atoms with Crippen LogP contribution in [0.5, 0.6) is 0 Å². The first kappa shape index (κ1) is 30.9. The summed E-state index contributed by atoms with van der Waals surface area (Å²) < 4.78 is 18.5. The lowest BCUT2D eigenvalue weighted by atomic mass is 10.0. The maximum atomic E-state index is 13.4. The van der Waals surface area contributed by atoms with Crippen LogP contribution in [0.2, 0.25) is 0 Å². The molecule has 3 amide bonds. The second-order valence-corrected chi connectivity index (χ2v) is 12.3. The largest absolute Gasteiger partial charge is 0.457 e. The Morgan fingerprint density at radius 2 is 1.65 bits per heavy atom. The highest BCUT2D eigenvalue weighted by Gasteiger charge is 2.49. The molecule has 5 rings (SSSR count). The number of fused-ring (bicyclic) bond motifs is 1. The normalized spacial score (nSPS) is 18.3. The van der Waals surface area contributed by atoms with Gasteiger partial charge >= 0.3 is 12.0 Å². The second-order valence-electron chi connectivity index (χ2n) is 11.9. The SMILES string of the molecule is CC1(C)C(=O)N(c2ccc3c(c2)COC3=O)C(=S)N1CCCCCCCCN1CCN(C(=O)Nc2cccc(F)c2)CC1. The average molecular weight is 610 g/mol. The van der Waals surface area contributed by atoms with E-state index in [1.165, 1.54) is 12.1 Å². The van der Waals surface area contributed by atoms with Gasteiger partial charge in [0.05, 0.1) is 11.3 Å². The molecule has 9 nitrogen and oxygen atoms in total. The van der Waals surface area contributed by atoms with Gasteiger partial charge in [0.1, 0.15) is 18.0 Å². The molecule has 3 aliphatic rings. The fourth-order valence-electron chi connectivity index (χ4n) is 5.95. The van der Waals surface area contributed by atoms with E-state index in [1.807, 2.05) is 24.8 Å². The van der Waals surface area contributed by atoms with E-state index in [2.05, 4.69) is 10.2 Å². The lowest BCUT2D eigenvalue weighted by Gasteiger charge is -2.34. The van der Waals surface area contributed by atoms with Gasteiger partial charge < -0.3 is 19.9 Å². The van der Waals surface area contributed by atoms with Gasteiger partial charge in [0.2, 0.25) is 0 Å². The van der Waals surface area contributed by atoms with Crippen LogP contribution in [0.4, 0.5) is 20.6 Å². The summed E-state index contributed by atoms with van der Waals surface area (Å²) in [5.41, 5.74) is 1.74. The summed E-state index contributed by atoms with van der Waals surface area (Å²) in [4.78, 5) is 45.4. The number of hydrogen-bond acceptors (Lipinski definition) is 6. The number of piperazine rings is 1. The van der Waals surface area contributed by atoms with Gasteiger partial charge in [-0.3, -0.25) is 14.6 Å². The van der Waals surface area contributed by atoms with E-state index in [1.54, 1.807) is 34.1 Å². The number of thiocarbonyl (C=S) groups is 1. The van der Waals surface area contributed by atoms with Gasteiger partial charge in [-0.2, -0.15) is 0 Å². The zero-order chi connectivity index (χ0) is 30.6. The summed E-state index contributed by atoms with van der Waals surface area (Å²) in [5.74, 6) is -0.757. The summed E-state index contributed by atoms with van der Waals surface area (Å²) in [5, 5.41) is 3.28. The van der Waals surface area contributed by atoms with Crippen LogP contribution < -0.4 is 10.2 Å². The molecule has 2 fully saturated rings. The monoisotopic (exact) mass is 609 g/mol. The molecule has 3 heterocycles. The first-order valence-corrected chi connectivity index (χ1v) is 15.6. The number of halogens is 1. The van der Waals surface area contributed by atoms with Gasteiger partial charge in [-0.15, -0.1) is 0 Å². The smallest absolute Gasteiger partial charge is 0.338 e. The predicted octanol–water partition coefficient (Wildman–Crippen LogP) is 5.40. The van der Waals surface area contributed by atoms with E-state index in [0.29, 0.717) is 35.1 Å². The van der Waals surface area contributed by atoms with Gasteiger partial charge in [0.15, 0.2) is 5.11 Å². The third kappa shape index (κ3) is 6.99. The molecule has 0 spiro atoms. The molecule has 0 unspecified atom stereocenters. The Labute approximate surface area is 257 Å². The van der Waals surface area contributed by atoms with Crippen LogP contribution in [0, 0.1) is 5.82 Å². The van der Waals surface area contributed by atoms with Crippen LogP contribution in [0.25, 0.3) is 0 Å². The molecule has 3 aliphatic heterocycles. The number of hydrogen-bond donors (Lipinski definition) is 1. The molecule has 0 atom stereocenters. The van der Waals surface area contributed by atoms with E-state index >= 15 is 0 Å². The fourth-order valence-corrected chi connectivity index (χ4v) is 6.46. The molecule has 11 heteroatoms. The molecule has 2 aromatic carbocycles. The van der Waals surface area contributed by atoms with Crippen molar-refractivity contribution >= 4 is 46.6 Å². The number of amides is 3. The highest BCUT2D eigenvalue weighted by atomic mass is 32.1. The van der Waals surface area contributed by atoms with Gasteiger partial charge in [0, 0.05) is 44.0 Å². The minimum atomic E-state index is -0.730. The minimum absolute atomic E-state index is 0.0595. The number of urea groups is 1. The Morgan fingerprint density at radius 1 is 0.953 bits per heavy atom. The lowest BCUT2D eigenvalue weighted by molar-refractivity contribution is -0.123. The van der Waals surface area contributed by atoms with E-state index in [-0.39, 0.29) is 30.3 Å². The lowest BCUT2D eigenvalue weighted by Crippen LogP contribution is -2.50. The number of carbonyl (C=O) groups is 3. The molecule has 230 valence electrons. The van der Waals surface area contributed by atoms with E-state index in [9.17, 15) is 18.8 Å². The number of esters is 1. The number of cyclic esters (lactones) is 1. The number of carbonyl (C=O) groups excluding carboxylic acids is 3. The van der Waals surface area contributed by atoms with Crippen molar-refractivity contribution in [3.63, 3.8) is 0 Å². The number of ether oxygens (including phenoxy) is 1. The van der Waals surface area contributed by atoms with Crippen molar-refractivity contribution in [1.82, 2.24) is 14.7 Å². The summed E-state index contributed by atoms with van der Waals surface area (Å²) in [7, 11) is 0. The molecule has 0 aliphatic carbocycles. The highest BCUT2D eigenvalue weighted by molar-refractivity contribution is 7.80. The molecular weight excluding hydrogens is 569 g/mol. The molecule has 0 bridgehead atoms. The van der Waals surface area contributed by atoms with Crippen LogP contribution >= 0.6 is 12.2 Å². The Hall–Kier alpha value is -3.57. The van der Waals surface area contributed by atoms with Crippen LogP contribution in [0.15, 0.2) is 42.5 Å². The molecule has 1 N–H and O–H groups in total. The Balaban J connectivity index is 0.965. The quantitative estimate of drug-likeness (QED) is 0.208. The zero-order valence-electron chi connectivity index (χ0n) is 24.9. The molecule has 43 heavy (non-hydrogen) atoms. The third-order valence-electron chi connectivity index (χ3n) is 8.59. The van der Waals surface area contributed by atoms with Crippen LogP contribution in [-0.2, 0) is 16.1 Å². The Morgan fingerprint density at radius 3 is 2.37 bits per heavy atom. The van der Waals surface area contributed by atoms with Crippen molar-refractivity contribution in [2.75, 3.05) is 49.5 Å². The Kier molecular flexibility index (Phi) is 9.61. The number of anilines is 2. The van der Waals surface area contributed by atoms with Crippen molar-refractivity contribution in [3.05, 3.63) is 59.4 Å². The van der Waals surface area contributed by atoms with Crippen molar-refractivity contribution in [1.29, 1.82) is 0 Å². The van der Waals surface area contributed by atoms with Gasteiger partial charge in [0.25, 0.3) is 5.91 Å². The first-order chi connectivity index (χ1) is 20.6. The summed E-state index contributed by atoms with van der Waals surface area (Å²) in [6, 6.07) is 11.1. The second kappa shape index (κ2) is 13.4. The number of nitrogens with one attached hydrogen (secondary N) is 1. The van der Waals surface area contributed by atoms with E-state index in [4.69, 9.17) is 17.0 Å². The summed E-state index contributed by atoms with van der Waals surface area (Å²) in [6.07, 6.45) is 6.60. The minimum Gasteiger partial charge on any atom is -0.457 e. The average Bonchev–Trinajstić information content (AvgIpc) is 3.43. The first-order valence-electron chi connectivity index (χ1n) is 15.2. The standard InChI is InChI=1S/C32H40FN5O4S/c1-32(2)29(40)38(26-12-13-27-23(20-26)22-42-28(27)39)31(43)37(32)15-8-6-4-3-5-7-14-35-16-18-36(19-17-35)30(41)34-25-11-9-10-24(33)21-25/h9-13,20-21H,3-8,14-19,22H2,1-2H3,(H,34,41). The van der Waals surface area contributed by atoms with Crippen molar-refractivity contribution in [3.8, 4) is 0 Å². The summed E-state index contributed by atoms with van der Waals surface area (Å²) >= 11 is 5.76. The number of unbranched alkanes of at least 4 members (excludes halogenated alkanes) is 5. The van der Waals surface area contributed by atoms with Crippen LogP contribution in [0.1, 0.15) is 68.3 Å². The fraction of sp³-hybridized carbons (Fsp3) is 0.500.